The summed E-state index contributed by atoms with van der Waals surface area (Å²) in [5.41, 5.74) is 0. The van der Waals surface area contributed by atoms with Crippen LogP contribution in [-0.4, -0.2) is 193 Å². The van der Waals surface area contributed by atoms with Crippen LogP contribution in [0.15, 0.2) is 97.2 Å². The van der Waals surface area contributed by atoms with Crippen LogP contribution in [0.2, 0.25) is 0 Å². The predicted octanol–water partition coefficient (Wildman–Crippen LogP) is 6.93. The van der Waals surface area contributed by atoms with Crippen LogP contribution in [0.4, 0.5) is 0 Å². The maximum Gasteiger partial charge on any atom is 0.220 e. The van der Waals surface area contributed by atoms with E-state index in [1.807, 2.05) is 6.92 Å². The highest BCUT2D eigenvalue weighted by Gasteiger charge is 2.53. The zero-order valence-electron chi connectivity index (χ0n) is 51.0. The van der Waals surface area contributed by atoms with Gasteiger partial charge in [0.1, 0.15) is 73.2 Å². The number of nitrogens with one attached hydrogen (secondary N) is 1. The maximum absolute atomic E-state index is 13.2. The molecule has 0 aromatic carbocycles. The molecular weight excluding hydrogens is 1090 g/mol. The van der Waals surface area contributed by atoms with Gasteiger partial charge in [0.25, 0.3) is 0 Å². The smallest absolute Gasteiger partial charge is 0.220 e. The van der Waals surface area contributed by atoms with Crippen LogP contribution in [0.3, 0.4) is 0 Å². The summed E-state index contributed by atoms with van der Waals surface area (Å²) in [4.78, 5) is 13.2. The third-order valence-corrected chi connectivity index (χ3v) is 15.4. The van der Waals surface area contributed by atoms with Gasteiger partial charge in [-0.15, -0.1) is 0 Å². The Kier molecular flexibility index (Phi) is 42.6. The number of carbonyl (C=O) groups excluding carboxylic acids is 1. The number of unbranched alkanes of at least 4 members (excludes halogenated alkanes) is 14. The first-order valence-corrected chi connectivity index (χ1v) is 32.0. The minimum Gasteiger partial charge on any atom is -0.394 e. The summed E-state index contributed by atoms with van der Waals surface area (Å²) in [7, 11) is 0. The number of ether oxygens (including phenoxy) is 6. The lowest BCUT2D eigenvalue weighted by molar-refractivity contribution is -0.379. The molecule has 17 unspecified atom stereocenters. The van der Waals surface area contributed by atoms with Gasteiger partial charge in [0.2, 0.25) is 5.91 Å². The molecule has 0 radical (unpaired) electrons. The third-order valence-electron chi connectivity index (χ3n) is 15.4. The van der Waals surface area contributed by atoms with Crippen LogP contribution in [-0.2, 0) is 33.2 Å². The predicted molar refractivity (Wildman–Crippen MR) is 327 cm³/mol. The first-order chi connectivity index (χ1) is 41.3. The van der Waals surface area contributed by atoms with E-state index in [2.05, 4.69) is 109 Å². The second-order valence-corrected chi connectivity index (χ2v) is 22.5. The second kappa shape index (κ2) is 47.7. The Morgan fingerprint density at radius 2 is 0.812 bits per heavy atom. The van der Waals surface area contributed by atoms with Crippen molar-refractivity contribution in [3.8, 4) is 0 Å². The lowest BCUT2D eigenvalue weighted by Gasteiger charge is -2.48. The van der Waals surface area contributed by atoms with E-state index in [0.717, 1.165) is 89.9 Å². The molecular formula is C66H111NO18. The van der Waals surface area contributed by atoms with Crippen molar-refractivity contribution in [1.29, 1.82) is 0 Å². The first-order valence-electron chi connectivity index (χ1n) is 32.0. The summed E-state index contributed by atoms with van der Waals surface area (Å²) < 4.78 is 34.0. The van der Waals surface area contributed by atoms with E-state index in [1.54, 1.807) is 0 Å². The lowest BCUT2D eigenvalue weighted by Crippen LogP contribution is -2.66. The van der Waals surface area contributed by atoms with Gasteiger partial charge >= 0.3 is 0 Å². The molecule has 0 bridgehead atoms. The monoisotopic (exact) mass is 1210 g/mol. The molecule has 3 aliphatic rings. The topological polar surface area (TPSA) is 307 Å². The fourth-order valence-electron chi connectivity index (χ4n) is 10.2. The number of hydrogen-bond acceptors (Lipinski definition) is 18. The minimum absolute atomic E-state index is 0.255. The summed E-state index contributed by atoms with van der Waals surface area (Å²) >= 11 is 0. The fourth-order valence-corrected chi connectivity index (χ4v) is 10.2. The molecule has 3 rings (SSSR count). The number of allylic oxidation sites excluding steroid dienone is 16. The number of aliphatic hydroxyl groups is 11. The second-order valence-electron chi connectivity index (χ2n) is 22.5. The summed E-state index contributed by atoms with van der Waals surface area (Å²) in [6, 6.07) is -0.889. The summed E-state index contributed by atoms with van der Waals surface area (Å²) in [6.07, 6.45) is 35.0. The fraction of sp³-hybridized carbons (Fsp3) is 0.742. The van der Waals surface area contributed by atoms with Crippen molar-refractivity contribution in [2.24, 2.45) is 0 Å². The molecule has 19 nitrogen and oxygen atoms in total. The average molecular weight is 1210 g/mol. The average Bonchev–Trinajstić information content (AvgIpc) is 3.44. The van der Waals surface area contributed by atoms with Gasteiger partial charge in [-0.05, 0) is 77.0 Å². The molecule has 12 N–H and O–H groups in total. The van der Waals surface area contributed by atoms with Gasteiger partial charge in [-0.2, -0.15) is 0 Å². The van der Waals surface area contributed by atoms with Crippen LogP contribution in [0.25, 0.3) is 0 Å². The molecule has 1 amide bonds. The summed E-state index contributed by atoms with van der Waals surface area (Å²) in [5.74, 6) is -0.262. The Labute approximate surface area is 507 Å². The molecule has 0 spiro atoms. The van der Waals surface area contributed by atoms with Crippen LogP contribution in [0.5, 0.6) is 0 Å². The van der Waals surface area contributed by atoms with Gasteiger partial charge in [-0.3, -0.25) is 4.79 Å². The van der Waals surface area contributed by atoms with Gasteiger partial charge < -0.3 is 89.9 Å². The number of amides is 1. The molecule has 3 fully saturated rings. The number of rotatable bonds is 46. The van der Waals surface area contributed by atoms with Gasteiger partial charge in [-0.25, -0.2) is 0 Å². The van der Waals surface area contributed by atoms with E-state index in [9.17, 15) is 61.0 Å². The minimum atomic E-state index is -1.97. The Morgan fingerprint density at radius 1 is 0.435 bits per heavy atom. The third kappa shape index (κ3) is 30.7. The quantitative estimate of drug-likeness (QED) is 0.0217. The molecule has 488 valence electrons. The SMILES string of the molecule is CC/C=C\C/C=C\C/C=C\C/C=C\C/C=C\C/C=C\C/C=C\C/C=C\CCCCCCCCCCCCCCC(=O)NC(COC1OC(CO)C(OC2OC(CO)C(OC3OC(CO)C(O)C(O)C3O)C(O)C2O)C(O)C1O)C(O)CCCCC. The molecule has 3 heterocycles. The highest BCUT2D eigenvalue weighted by atomic mass is 16.8. The highest BCUT2D eigenvalue weighted by Crippen LogP contribution is 2.33. The van der Waals surface area contributed by atoms with Crippen molar-refractivity contribution in [3.05, 3.63) is 97.2 Å². The first kappa shape index (κ1) is 76.0. The van der Waals surface area contributed by atoms with Gasteiger partial charge in [0, 0.05) is 6.42 Å². The number of aliphatic hydroxyl groups excluding tert-OH is 11. The van der Waals surface area contributed by atoms with E-state index in [1.165, 1.54) is 51.4 Å². The van der Waals surface area contributed by atoms with E-state index in [0.29, 0.717) is 19.3 Å². The molecule has 85 heavy (non-hydrogen) atoms. The van der Waals surface area contributed by atoms with Crippen molar-refractivity contribution in [2.45, 2.75) is 285 Å². The van der Waals surface area contributed by atoms with Crippen molar-refractivity contribution in [1.82, 2.24) is 5.32 Å². The Bertz CT molecular complexity index is 1920. The van der Waals surface area contributed by atoms with Crippen LogP contribution >= 0.6 is 0 Å². The van der Waals surface area contributed by atoms with Crippen LogP contribution in [0.1, 0.15) is 181 Å². The van der Waals surface area contributed by atoms with Gasteiger partial charge in [-0.1, -0.05) is 195 Å². The molecule has 0 saturated carbocycles. The van der Waals surface area contributed by atoms with E-state index >= 15 is 0 Å². The van der Waals surface area contributed by atoms with Crippen molar-refractivity contribution in [3.63, 3.8) is 0 Å². The highest BCUT2D eigenvalue weighted by molar-refractivity contribution is 5.76. The molecule has 3 saturated heterocycles. The molecule has 0 aliphatic carbocycles. The maximum atomic E-state index is 13.2. The molecule has 17 atom stereocenters. The van der Waals surface area contributed by atoms with Crippen molar-refractivity contribution in [2.75, 3.05) is 26.4 Å². The van der Waals surface area contributed by atoms with Crippen molar-refractivity contribution >= 4 is 5.91 Å². The number of carbonyl (C=O) groups is 1. The Balaban J connectivity index is 1.25. The molecule has 19 heteroatoms. The Morgan fingerprint density at radius 3 is 1.25 bits per heavy atom. The largest absolute Gasteiger partial charge is 0.394 e. The zero-order chi connectivity index (χ0) is 61.9. The molecule has 0 aromatic rings. The Hall–Kier alpha value is -3.29. The van der Waals surface area contributed by atoms with Gasteiger partial charge in [0.05, 0.1) is 38.6 Å². The van der Waals surface area contributed by atoms with Crippen LogP contribution < -0.4 is 5.32 Å². The van der Waals surface area contributed by atoms with E-state index < -0.39 is 124 Å². The summed E-state index contributed by atoms with van der Waals surface area (Å²) in [6.45, 7) is 1.46. The van der Waals surface area contributed by atoms with E-state index in [-0.39, 0.29) is 18.9 Å². The standard InChI is InChI=1S/C66H111NO18/c1-3-5-7-8-9-10-11-12-13-14-15-16-17-18-19-20-21-22-23-24-25-26-27-28-29-30-31-32-33-34-35-36-37-38-39-40-42-44-54(72)67-49(50(71)43-41-6-4-2)48-80-64-60(78)57(75)62(52(46-69)82-64)85-66-61(79)58(76)63(53(47-70)83-66)84-65-59(77)56(74)55(73)51(45-68)81-65/h5,7,9-10,12-13,15-16,18-19,21-22,24-25,27-28,49-53,55-66,68-71,73-79H,3-4,6,8,11,14,17,20,23,26,29-48H2,1-2H3,(H,67,72)/b7-5-,10-9-,13-12-,16-15-,19-18-,22-21-,25-24-,28-27-. The zero-order valence-corrected chi connectivity index (χ0v) is 51.0. The van der Waals surface area contributed by atoms with Crippen molar-refractivity contribution < 1.29 is 89.4 Å². The normalized spacial score (nSPS) is 29.6. The summed E-state index contributed by atoms with van der Waals surface area (Å²) in [5, 5.41) is 119. The van der Waals surface area contributed by atoms with E-state index in [4.69, 9.17) is 28.4 Å². The number of hydrogen-bond donors (Lipinski definition) is 12. The molecule has 3 aliphatic heterocycles. The van der Waals surface area contributed by atoms with Gasteiger partial charge in [0.15, 0.2) is 18.9 Å². The van der Waals surface area contributed by atoms with Crippen LogP contribution in [0, 0.1) is 0 Å². The lowest BCUT2D eigenvalue weighted by atomic mass is 9.96. The molecule has 0 aromatic heterocycles.